The number of hydrogen-bond donors (Lipinski definition) is 1. The molecule has 0 unspecified atom stereocenters. The Morgan fingerprint density at radius 2 is 1.91 bits per heavy atom. The van der Waals surface area contributed by atoms with Gasteiger partial charge in [0.1, 0.15) is 0 Å². The number of benzene rings is 3. The van der Waals surface area contributed by atoms with Crippen LogP contribution in [-0.4, -0.2) is 23.7 Å². The van der Waals surface area contributed by atoms with Crippen molar-refractivity contribution in [2.45, 2.75) is 18.2 Å². The number of fused-ring (bicyclic) bond motifs is 6. The fraction of sp³-hybridized carbons (Fsp3) is 0.167. The number of halogens is 2. The molecule has 3 aliphatic heterocycles. The largest absolute Gasteiger partial charge is 0.493 e. The number of amides is 1. The first-order valence-corrected chi connectivity index (χ1v) is 11.7. The number of hydrogen-bond acceptors (Lipinski definition) is 5. The normalized spacial score (nSPS) is 22.6. The summed E-state index contributed by atoms with van der Waals surface area (Å²) in [5.74, 6) is 0.898. The first-order valence-electron chi connectivity index (χ1n) is 10.1. The molecule has 0 saturated heterocycles. The van der Waals surface area contributed by atoms with Crippen LogP contribution in [0.5, 0.6) is 11.5 Å². The van der Waals surface area contributed by atoms with Crippen molar-refractivity contribution in [1.82, 2.24) is 5.01 Å². The summed E-state index contributed by atoms with van der Waals surface area (Å²) in [7, 11) is 1.61. The average Bonchev–Trinajstić information content (AvgIpc) is 3.35. The number of anilines is 1. The van der Waals surface area contributed by atoms with Gasteiger partial charge in [-0.2, -0.15) is 5.10 Å². The number of methoxy groups -OCH3 is 1. The number of rotatable bonds is 2. The SMILES string of the molecule is COc1cccc2c1O[C@]1(C(=O)Nc3ccc(Br)cc31)N1N=C(c3ccc(Br)cc3)C[C@H]21. The van der Waals surface area contributed by atoms with Gasteiger partial charge in [-0.3, -0.25) is 4.79 Å². The average molecular weight is 555 g/mol. The Kier molecular flexibility index (Phi) is 4.39. The van der Waals surface area contributed by atoms with Crippen LogP contribution in [0.15, 0.2) is 74.7 Å². The quantitative estimate of drug-likeness (QED) is 0.450. The van der Waals surface area contributed by atoms with Gasteiger partial charge in [-0.25, -0.2) is 5.01 Å². The highest BCUT2D eigenvalue weighted by molar-refractivity contribution is 9.10. The third-order valence-electron chi connectivity index (χ3n) is 6.15. The lowest BCUT2D eigenvalue weighted by Gasteiger charge is -2.44. The molecule has 1 spiro atoms. The van der Waals surface area contributed by atoms with E-state index < -0.39 is 5.72 Å². The lowest BCUT2D eigenvalue weighted by molar-refractivity contribution is -0.161. The van der Waals surface area contributed by atoms with E-state index in [1.165, 1.54) is 0 Å². The molecule has 0 aliphatic carbocycles. The molecule has 8 heteroatoms. The monoisotopic (exact) mass is 553 g/mol. The van der Waals surface area contributed by atoms with Crippen molar-refractivity contribution in [3.8, 4) is 11.5 Å². The summed E-state index contributed by atoms with van der Waals surface area (Å²) in [4.78, 5) is 13.5. The summed E-state index contributed by atoms with van der Waals surface area (Å²) in [6.07, 6.45) is 0.642. The minimum absolute atomic E-state index is 0.178. The van der Waals surface area contributed by atoms with Crippen molar-refractivity contribution in [3.05, 3.63) is 86.3 Å². The molecular formula is C24H17Br2N3O3. The van der Waals surface area contributed by atoms with Gasteiger partial charge in [0.25, 0.3) is 5.91 Å². The summed E-state index contributed by atoms with van der Waals surface area (Å²) in [5, 5.41) is 9.78. The number of nitrogens with one attached hydrogen (secondary N) is 1. The van der Waals surface area contributed by atoms with Gasteiger partial charge in [-0.15, -0.1) is 0 Å². The zero-order chi connectivity index (χ0) is 22.0. The molecule has 0 saturated carbocycles. The molecule has 1 amide bonds. The van der Waals surface area contributed by atoms with E-state index in [4.69, 9.17) is 14.6 Å². The number of carbonyl (C=O) groups is 1. The Bertz CT molecular complexity index is 1310. The van der Waals surface area contributed by atoms with E-state index in [1.807, 2.05) is 65.7 Å². The van der Waals surface area contributed by atoms with Gasteiger partial charge >= 0.3 is 5.72 Å². The second-order valence-electron chi connectivity index (χ2n) is 7.89. The highest BCUT2D eigenvalue weighted by atomic mass is 79.9. The standard InChI is InChI=1S/C24H17Br2N3O3/c1-31-21-4-2-3-16-20-12-19(13-5-7-14(25)8-6-13)28-29(20)24(32-22(16)21)17-11-15(26)9-10-18(17)27-23(24)30/h2-11,20H,12H2,1H3,(H,27,30)/t20-,24-/m1/s1. The minimum Gasteiger partial charge on any atom is -0.493 e. The van der Waals surface area contributed by atoms with Crippen molar-refractivity contribution in [1.29, 1.82) is 0 Å². The zero-order valence-electron chi connectivity index (χ0n) is 16.9. The smallest absolute Gasteiger partial charge is 0.306 e. The molecule has 3 aromatic carbocycles. The zero-order valence-corrected chi connectivity index (χ0v) is 20.1. The Morgan fingerprint density at radius 1 is 1.12 bits per heavy atom. The maximum atomic E-state index is 13.5. The number of para-hydroxylation sites is 1. The second-order valence-corrected chi connectivity index (χ2v) is 9.72. The van der Waals surface area contributed by atoms with Crippen LogP contribution < -0.4 is 14.8 Å². The molecular weight excluding hydrogens is 538 g/mol. The van der Waals surface area contributed by atoms with Crippen molar-refractivity contribution in [2.24, 2.45) is 5.10 Å². The van der Waals surface area contributed by atoms with Crippen LogP contribution in [0.1, 0.15) is 29.2 Å². The van der Waals surface area contributed by atoms with Gasteiger partial charge in [0.15, 0.2) is 11.5 Å². The van der Waals surface area contributed by atoms with Crippen LogP contribution >= 0.6 is 31.9 Å². The molecule has 160 valence electrons. The van der Waals surface area contributed by atoms with E-state index in [2.05, 4.69) is 37.2 Å². The third kappa shape index (κ3) is 2.69. The van der Waals surface area contributed by atoms with Crippen LogP contribution in [-0.2, 0) is 10.5 Å². The Labute approximate surface area is 201 Å². The summed E-state index contributed by atoms with van der Waals surface area (Å²) in [5.41, 5.74) is 2.86. The van der Waals surface area contributed by atoms with Gasteiger partial charge in [-0.05, 0) is 42.0 Å². The highest BCUT2D eigenvalue weighted by Gasteiger charge is 2.61. The fourth-order valence-electron chi connectivity index (χ4n) is 4.68. The third-order valence-corrected chi connectivity index (χ3v) is 7.17. The molecule has 0 aromatic heterocycles. The second kappa shape index (κ2) is 7.08. The maximum absolute atomic E-state index is 13.5. The summed E-state index contributed by atoms with van der Waals surface area (Å²) in [6, 6.07) is 19.3. The lowest BCUT2D eigenvalue weighted by atomic mass is 9.92. The first-order chi connectivity index (χ1) is 15.5. The first kappa shape index (κ1) is 19.8. The van der Waals surface area contributed by atoms with Gasteiger partial charge < -0.3 is 14.8 Å². The predicted molar refractivity (Wildman–Crippen MR) is 128 cm³/mol. The van der Waals surface area contributed by atoms with Crippen LogP contribution in [0.4, 0.5) is 5.69 Å². The molecule has 2 atom stereocenters. The molecule has 1 N–H and O–H groups in total. The van der Waals surface area contributed by atoms with Crippen LogP contribution in [0, 0.1) is 0 Å². The van der Waals surface area contributed by atoms with Crippen molar-refractivity contribution < 1.29 is 14.3 Å². The summed E-state index contributed by atoms with van der Waals surface area (Å²) >= 11 is 7.04. The topological polar surface area (TPSA) is 63.2 Å². The highest BCUT2D eigenvalue weighted by Crippen LogP contribution is 2.56. The molecule has 3 heterocycles. The molecule has 6 rings (SSSR count). The molecule has 6 nitrogen and oxygen atoms in total. The van der Waals surface area contributed by atoms with Gasteiger partial charge in [0.2, 0.25) is 0 Å². The number of ether oxygens (including phenoxy) is 2. The summed E-state index contributed by atoms with van der Waals surface area (Å²) in [6.45, 7) is 0. The Balaban J connectivity index is 1.59. The van der Waals surface area contributed by atoms with Gasteiger partial charge in [-0.1, -0.05) is 56.1 Å². The number of nitrogens with zero attached hydrogens (tertiary/aromatic N) is 2. The number of hydrazone groups is 1. The molecule has 3 aliphatic rings. The molecule has 32 heavy (non-hydrogen) atoms. The lowest BCUT2D eigenvalue weighted by Crippen LogP contribution is -2.55. The molecule has 3 aromatic rings. The van der Waals surface area contributed by atoms with Gasteiger partial charge in [0.05, 0.1) is 30.1 Å². The number of carbonyl (C=O) groups excluding carboxylic acids is 1. The molecule has 0 bridgehead atoms. The van der Waals surface area contributed by atoms with Crippen LogP contribution in [0.2, 0.25) is 0 Å². The summed E-state index contributed by atoms with van der Waals surface area (Å²) < 4.78 is 14.0. The minimum atomic E-state index is -1.43. The van der Waals surface area contributed by atoms with Crippen molar-refractivity contribution >= 4 is 49.2 Å². The van der Waals surface area contributed by atoms with Crippen LogP contribution in [0.25, 0.3) is 0 Å². The van der Waals surface area contributed by atoms with Crippen molar-refractivity contribution in [2.75, 3.05) is 12.4 Å². The molecule has 0 radical (unpaired) electrons. The van der Waals surface area contributed by atoms with E-state index in [1.54, 1.807) is 7.11 Å². The van der Waals surface area contributed by atoms with Crippen LogP contribution in [0.3, 0.4) is 0 Å². The maximum Gasteiger partial charge on any atom is 0.306 e. The van der Waals surface area contributed by atoms with Crippen molar-refractivity contribution in [3.63, 3.8) is 0 Å². The Hall–Kier alpha value is -2.84. The predicted octanol–water partition coefficient (Wildman–Crippen LogP) is 5.57. The van der Waals surface area contributed by atoms with E-state index >= 15 is 0 Å². The fourth-order valence-corrected chi connectivity index (χ4v) is 5.31. The van der Waals surface area contributed by atoms with E-state index in [9.17, 15) is 4.79 Å². The van der Waals surface area contributed by atoms with E-state index in [0.29, 0.717) is 23.6 Å². The molecule has 0 fully saturated rings. The Morgan fingerprint density at radius 3 is 2.69 bits per heavy atom. The van der Waals surface area contributed by atoms with Gasteiger partial charge in [0, 0.05) is 20.9 Å². The van der Waals surface area contributed by atoms with E-state index in [-0.39, 0.29) is 11.9 Å². The van der Waals surface area contributed by atoms with E-state index in [0.717, 1.165) is 31.3 Å².